The third-order valence-electron chi connectivity index (χ3n) is 2.64. The molecule has 6 heteroatoms. The number of hydrogen-bond acceptors (Lipinski definition) is 3. The van der Waals surface area contributed by atoms with Gasteiger partial charge in [0.1, 0.15) is 0 Å². The summed E-state index contributed by atoms with van der Waals surface area (Å²) in [7, 11) is 0. The predicted octanol–water partition coefficient (Wildman–Crippen LogP) is 4.83. The summed E-state index contributed by atoms with van der Waals surface area (Å²) in [6, 6.07) is 7.93. The van der Waals surface area contributed by atoms with Crippen molar-refractivity contribution in [3.05, 3.63) is 44.8 Å². The minimum Gasteiger partial charge on any atom is -0.305 e. The second-order valence-electron chi connectivity index (χ2n) is 4.14. The maximum absolute atomic E-state index is 12.1. The normalized spacial score (nSPS) is 12.2. The van der Waals surface area contributed by atoms with Crippen molar-refractivity contribution in [3.8, 4) is 0 Å². The van der Waals surface area contributed by atoms with Crippen LogP contribution in [0.2, 0.25) is 0 Å². The summed E-state index contributed by atoms with van der Waals surface area (Å²) in [6.45, 7) is 0.361. The number of halogens is 3. The molecule has 0 spiro atoms. The van der Waals surface area contributed by atoms with Gasteiger partial charge in [-0.3, -0.25) is 0 Å². The molecule has 0 bridgehead atoms. The zero-order valence-electron chi connectivity index (χ0n) is 10.1. The van der Waals surface area contributed by atoms with Gasteiger partial charge in [-0.05, 0) is 35.9 Å². The topological polar surface area (TPSA) is 12.0 Å². The Bertz CT molecular complexity index is 428. The molecular weight excluding hydrogens is 291 g/mol. The number of alkyl halides is 3. The smallest absolute Gasteiger partial charge is 0.305 e. The van der Waals surface area contributed by atoms with Crippen molar-refractivity contribution in [1.29, 1.82) is 0 Å². The van der Waals surface area contributed by atoms with Crippen LogP contribution < -0.4 is 5.32 Å². The lowest BCUT2D eigenvalue weighted by Gasteiger charge is -2.16. The zero-order chi connectivity index (χ0) is 13.7. The first-order valence-electron chi connectivity index (χ1n) is 5.93. The second-order valence-corrected chi connectivity index (χ2v) is 6.10. The summed E-state index contributed by atoms with van der Waals surface area (Å²) in [5.74, 6) is 0. The quantitative estimate of drug-likeness (QED) is 0.754. The SMILES string of the molecule is FC(F)(F)CCCNC(c1cccs1)c1cccs1. The zero-order valence-corrected chi connectivity index (χ0v) is 11.7. The van der Waals surface area contributed by atoms with Crippen LogP contribution in [0.4, 0.5) is 13.2 Å². The van der Waals surface area contributed by atoms with Crippen molar-refractivity contribution in [2.45, 2.75) is 25.1 Å². The monoisotopic (exact) mass is 305 g/mol. The number of hydrogen-bond donors (Lipinski definition) is 1. The number of thiophene rings is 2. The van der Waals surface area contributed by atoms with Crippen LogP contribution in [0.25, 0.3) is 0 Å². The van der Waals surface area contributed by atoms with Gasteiger partial charge in [0.2, 0.25) is 0 Å². The molecule has 2 heterocycles. The van der Waals surface area contributed by atoms with Gasteiger partial charge in [-0.25, -0.2) is 0 Å². The number of rotatable bonds is 6. The first kappa shape index (κ1) is 14.6. The fourth-order valence-electron chi connectivity index (χ4n) is 1.79. The van der Waals surface area contributed by atoms with E-state index in [0.717, 1.165) is 9.75 Å². The Morgan fingerprint density at radius 3 is 2.05 bits per heavy atom. The summed E-state index contributed by atoms with van der Waals surface area (Å²) >= 11 is 3.23. The minimum absolute atomic E-state index is 0.00762. The molecule has 0 radical (unpaired) electrons. The maximum atomic E-state index is 12.1. The predicted molar refractivity (Wildman–Crippen MR) is 73.8 cm³/mol. The van der Waals surface area contributed by atoms with Crippen LogP contribution in [0.3, 0.4) is 0 Å². The van der Waals surface area contributed by atoms with E-state index in [-0.39, 0.29) is 12.5 Å². The molecule has 0 saturated heterocycles. The summed E-state index contributed by atoms with van der Waals surface area (Å²) < 4.78 is 36.3. The van der Waals surface area contributed by atoms with E-state index in [0.29, 0.717) is 6.54 Å². The second kappa shape index (κ2) is 6.54. The third kappa shape index (κ3) is 4.63. The van der Waals surface area contributed by atoms with E-state index in [4.69, 9.17) is 0 Å². The lowest BCUT2D eigenvalue weighted by Crippen LogP contribution is -2.23. The molecule has 0 aromatic carbocycles. The van der Waals surface area contributed by atoms with Gasteiger partial charge in [-0.2, -0.15) is 13.2 Å². The van der Waals surface area contributed by atoms with E-state index in [1.54, 1.807) is 22.7 Å². The van der Waals surface area contributed by atoms with E-state index >= 15 is 0 Å². The van der Waals surface area contributed by atoms with Crippen molar-refractivity contribution in [1.82, 2.24) is 5.32 Å². The van der Waals surface area contributed by atoms with Crippen LogP contribution >= 0.6 is 22.7 Å². The van der Waals surface area contributed by atoms with Crippen LogP contribution in [0.5, 0.6) is 0 Å². The molecule has 1 N–H and O–H groups in total. The Labute approximate surface area is 118 Å². The van der Waals surface area contributed by atoms with Crippen molar-refractivity contribution in [2.75, 3.05) is 6.54 Å². The van der Waals surface area contributed by atoms with Crippen molar-refractivity contribution in [2.24, 2.45) is 0 Å². The molecule has 1 nitrogen and oxygen atoms in total. The van der Waals surface area contributed by atoms with Gasteiger partial charge in [-0.15, -0.1) is 22.7 Å². The molecular formula is C13H14F3NS2. The Morgan fingerprint density at radius 1 is 1.05 bits per heavy atom. The van der Waals surface area contributed by atoms with Gasteiger partial charge in [0, 0.05) is 16.2 Å². The third-order valence-corrected chi connectivity index (χ3v) is 4.52. The van der Waals surface area contributed by atoms with Gasteiger partial charge < -0.3 is 5.32 Å². The van der Waals surface area contributed by atoms with Gasteiger partial charge in [0.25, 0.3) is 0 Å². The first-order valence-corrected chi connectivity index (χ1v) is 7.69. The highest BCUT2D eigenvalue weighted by Crippen LogP contribution is 2.29. The highest BCUT2D eigenvalue weighted by Gasteiger charge is 2.26. The van der Waals surface area contributed by atoms with Gasteiger partial charge in [-0.1, -0.05) is 12.1 Å². The molecule has 0 saturated carbocycles. The standard InChI is InChI=1S/C13H14F3NS2/c14-13(15,16)6-3-7-17-12(10-4-1-8-18-10)11-5-2-9-19-11/h1-2,4-5,8-9,12,17H,3,6-7H2. The molecule has 0 atom stereocenters. The Kier molecular flexibility index (Phi) is 5.01. The fourth-order valence-corrected chi connectivity index (χ4v) is 3.50. The van der Waals surface area contributed by atoms with E-state index in [2.05, 4.69) is 5.32 Å². The molecule has 2 rings (SSSR count). The summed E-state index contributed by atoms with van der Waals surface area (Å²) in [5.41, 5.74) is 0. The highest BCUT2D eigenvalue weighted by atomic mass is 32.1. The largest absolute Gasteiger partial charge is 0.389 e. The Morgan fingerprint density at radius 2 is 1.63 bits per heavy atom. The highest BCUT2D eigenvalue weighted by molar-refractivity contribution is 7.11. The van der Waals surface area contributed by atoms with Gasteiger partial charge >= 0.3 is 6.18 Å². The van der Waals surface area contributed by atoms with Crippen LogP contribution in [-0.4, -0.2) is 12.7 Å². The average Bonchev–Trinajstić information content (AvgIpc) is 3.00. The summed E-state index contributed by atoms with van der Waals surface area (Å²) in [6.07, 6.45) is -4.69. The molecule has 0 amide bonds. The van der Waals surface area contributed by atoms with E-state index in [9.17, 15) is 13.2 Å². The maximum Gasteiger partial charge on any atom is 0.389 e. The molecule has 0 aliphatic heterocycles. The van der Waals surface area contributed by atoms with Crippen LogP contribution in [-0.2, 0) is 0 Å². The lowest BCUT2D eigenvalue weighted by molar-refractivity contribution is -0.135. The van der Waals surface area contributed by atoms with E-state index in [1.165, 1.54) is 0 Å². The fraction of sp³-hybridized carbons (Fsp3) is 0.385. The summed E-state index contributed by atoms with van der Waals surface area (Å²) in [4.78, 5) is 2.27. The Balaban J connectivity index is 1.93. The molecule has 2 aromatic rings. The Hall–Kier alpha value is -0.850. The molecule has 19 heavy (non-hydrogen) atoms. The molecule has 0 unspecified atom stereocenters. The average molecular weight is 305 g/mol. The van der Waals surface area contributed by atoms with Crippen molar-refractivity contribution < 1.29 is 13.2 Å². The van der Waals surface area contributed by atoms with Crippen LogP contribution in [0.15, 0.2) is 35.0 Å². The van der Waals surface area contributed by atoms with Gasteiger partial charge in [0.15, 0.2) is 0 Å². The van der Waals surface area contributed by atoms with Crippen LogP contribution in [0, 0.1) is 0 Å². The molecule has 104 valence electrons. The molecule has 0 aliphatic rings. The van der Waals surface area contributed by atoms with Crippen molar-refractivity contribution in [3.63, 3.8) is 0 Å². The number of nitrogens with one attached hydrogen (secondary N) is 1. The van der Waals surface area contributed by atoms with Gasteiger partial charge in [0.05, 0.1) is 6.04 Å². The van der Waals surface area contributed by atoms with E-state index in [1.807, 2.05) is 35.0 Å². The van der Waals surface area contributed by atoms with E-state index < -0.39 is 12.6 Å². The summed E-state index contributed by atoms with van der Waals surface area (Å²) in [5, 5.41) is 7.18. The molecule has 2 aromatic heterocycles. The minimum atomic E-state index is -4.07. The lowest BCUT2D eigenvalue weighted by atomic mass is 10.2. The van der Waals surface area contributed by atoms with Crippen LogP contribution in [0.1, 0.15) is 28.6 Å². The van der Waals surface area contributed by atoms with Crippen molar-refractivity contribution >= 4 is 22.7 Å². The first-order chi connectivity index (χ1) is 9.06. The molecule has 0 fully saturated rings. The molecule has 0 aliphatic carbocycles.